The Labute approximate surface area is 169 Å². The summed E-state index contributed by atoms with van der Waals surface area (Å²) in [5.41, 5.74) is 0.684. The van der Waals surface area contributed by atoms with Gasteiger partial charge >= 0.3 is 6.03 Å². The number of carbonyl (C=O) groups excluding carboxylic acids is 5. The zero-order valence-corrected chi connectivity index (χ0v) is 16.8. The molecular weight excluding hydrogens is 376 g/mol. The van der Waals surface area contributed by atoms with Gasteiger partial charge in [0, 0.05) is 6.42 Å². The molecule has 2 N–H and O–H groups in total. The van der Waals surface area contributed by atoms with Gasteiger partial charge in [-0.15, -0.1) is 0 Å². The van der Waals surface area contributed by atoms with Crippen molar-refractivity contribution in [1.82, 2.24) is 20.7 Å². The molecule has 0 aromatic heterocycles. The number of hydrogen-bond donors (Lipinski definition) is 2. The topological polar surface area (TPSA) is 116 Å². The SMILES string of the molecule is CC1CCC2(CC1)NC(=O)N(NC(=O)CN1C(=O)CC3(CCCCC3)C1=O)C2=O. The molecule has 0 bridgehead atoms. The van der Waals surface area contributed by atoms with E-state index in [2.05, 4.69) is 17.7 Å². The van der Waals surface area contributed by atoms with Crippen molar-refractivity contribution in [2.75, 3.05) is 6.54 Å². The molecule has 0 aromatic carbocycles. The van der Waals surface area contributed by atoms with E-state index in [4.69, 9.17) is 0 Å². The standard InChI is InChI=1S/C20H28N4O5/c1-13-5-9-20(10-6-13)17(28)24(18(29)21-20)22-14(25)12-23-15(26)11-19(16(23)27)7-3-2-4-8-19/h13H,2-12H2,1H3,(H,21,29)(H,22,25). The highest BCUT2D eigenvalue weighted by atomic mass is 16.2. The number of carbonyl (C=O) groups is 5. The molecule has 0 atom stereocenters. The summed E-state index contributed by atoms with van der Waals surface area (Å²) in [6.45, 7) is 1.64. The number of nitrogens with one attached hydrogen (secondary N) is 2. The number of rotatable bonds is 3. The largest absolute Gasteiger partial charge is 0.344 e. The van der Waals surface area contributed by atoms with E-state index in [1.807, 2.05) is 0 Å². The van der Waals surface area contributed by atoms with Crippen LogP contribution in [0.25, 0.3) is 0 Å². The number of urea groups is 1. The summed E-state index contributed by atoms with van der Waals surface area (Å²) in [5.74, 6) is -1.35. The first-order valence-corrected chi connectivity index (χ1v) is 10.6. The highest BCUT2D eigenvalue weighted by Crippen LogP contribution is 2.45. The molecule has 158 valence electrons. The summed E-state index contributed by atoms with van der Waals surface area (Å²) >= 11 is 0. The summed E-state index contributed by atoms with van der Waals surface area (Å²) in [7, 11) is 0. The minimum Gasteiger partial charge on any atom is -0.322 e. The van der Waals surface area contributed by atoms with Crippen molar-refractivity contribution in [1.29, 1.82) is 0 Å². The summed E-state index contributed by atoms with van der Waals surface area (Å²) in [6.07, 6.45) is 7.07. The van der Waals surface area contributed by atoms with Crippen LogP contribution in [0.15, 0.2) is 0 Å². The lowest BCUT2D eigenvalue weighted by atomic mass is 9.73. The normalized spacial score (nSPS) is 31.7. The maximum Gasteiger partial charge on any atom is 0.344 e. The van der Waals surface area contributed by atoms with E-state index >= 15 is 0 Å². The molecule has 0 radical (unpaired) electrons. The van der Waals surface area contributed by atoms with Gasteiger partial charge in [0.05, 0.1) is 5.41 Å². The van der Waals surface area contributed by atoms with E-state index in [9.17, 15) is 24.0 Å². The Bertz CT molecular complexity index is 765. The number of nitrogens with zero attached hydrogens (tertiary/aromatic N) is 2. The molecule has 29 heavy (non-hydrogen) atoms. The lowest BCUT2D eigenvalue weighted by Crippen LogP contribution is -2.53. The fourth-order valence-electron chi connectivity index (χ4n) is 5.26. The van der Waals surface area contributed by atoms with Crippen LogP contribution in [-0.4, -0.2) is 51.7 Å². The van der Waals surface area contributed by atoms with Crippen LogP contribution in [0.3, 0.4) is 0 Å². The molecule has 9 heteroatoms. The Hall–Kier alpha value is -2.45. The van der Waals surface area contributed by atoms with Crippen molar-refractivity contribution in [3.05, 3.63) is 0 Å². The third-order valence-corrected chi connectivity index (χ3v) is 7.13. The van der Waals surface area contributed by atoms with Gasteiger partial charge in [-0.05, 0) is 44.4 Å². The first-order chi connectivity index (χ1) is 13.8. The Kier molecular flexibility index (Phi) is 4.86. The Morgan fingerprint density at radius 2 is 1.69 bits per heavy atom. The van der Waals surface area contributed by atoms with Crippen molar-refractivity contribution in [2.45, 2.75) is 76.7 Å². The Balaban J connectivity index is 1.40. The monoisotopic (exact) mass is 404 g/mol. The Morgan fingerprint density at radius 3 is 2.34 bits per heavy atom. The number of imide groups is 2. The first-order valence-electron chi connectivity index (χ1n) is 10.6. The zero-order valence-electron chi connectivity index (χ0n) is 16.8. The zero-order chi connectivity index (χ0) is 20.8. The molecule has 4 aliphatic rings. The molecule has 0 unspecified atom stereocenters. The van der Waals surface area contributed by atoms with E-state index in [-0.39, 0.29) is 18.2 Å². The lowest BCUT2D eigenvalue weighted by Gasteiger charge is -2.33. The van der Waals surface area contributed by atoms with E-state index in [1.54, 1.807) is 0 Å². The smallest absolute Gasteiger partial charge is 0.322 e. The third kappa shape index (κ3) is 3.30. The van der Waals surface area contributed by atoms with Gasteiger partial charge in [-0.2, -0.15) is 5.01 Å². The number of likely N-dealkylation sites (tertiary alicyclic amines) is 1. The second kappa shape index (κ2) is 7.11. The van der Waals surface area contributed by atoms with Crippen LogP contribution in [0.5, 0.6) is 0 Å². The van der Waals surface area contributed by atoms with Crippen LogP contribution in [0.4, 0.5) is 4.79 Å². The van der Waals surface area contributed by atoms with Crippen LogP contribution in [-0.2, 0) is 19.2 Å². The van der Waals surface area contributed by atoms with E-state index in [0.29, 0.717) is 36.6 Å². The molecule has 6 amide bonds. The minimum atomic E-state index is -0.956. The highest BCUT2D eigenvalue weighted by Gasteiger charge is 2.54. The third-order valence-electron chi connectivity index (χ3n) is 7.13. The van der Waals surface area contributed by atoms with Gasteiger partial charge in [0.25, 0.3) is 11.8 Å². The predicted octanol–water partition coefficient (Wildman–Crippen LogP) is 1.23. The fraction of sp³-hybridized carbons (Fsp3) is 0.750. The molecule has 2 heterocycles. The quantitative estimate of drug-likeness (QED) is 0.542. The molecule has 4 rings (SSSR count). The van der Waals surface area contributed by atoms with Crippen molar-refractivity contribution in [3.63, 3.8) is 0 Å². The fourth-order valence-corrected chi connectivity index (χ4v) is 5.26. The van der Waals surface area contributed by atoms with Crippen LogP contribution in [0.1, 0.15) is 71.1 Å². The maximum absolute atomic E-state index is 12.8. The van der Waals surface area contributed by atoms with Crippen molar-refractivity contribution >= 4 is 29.7 Å². The van der Waals surface area contributed by atoms with Gasteiger partial charge in [-0.25, -0.2) is 4.79 Å². The lowest BCUT2D eigenvalue weighted by molar-refractivity contribution is -0.147. The van der Waals surface area contributed by atoms with Crippen LogP contribution >= 0.6 is 0 Å². The molecule has 2 saturated carbocycles. The van der Waals surface area contributed by atoms with Crippen LogP contribution in [0, 0.1) is 11.3 Å². The summed E-state index contributed by atoms with van der Waals surface area (Å²) in [6, 6.07) is -0.666. The summed E-state index contributed by atoms with van der Waals surface area (Å²) < 4.78 is 0. The van der Waals surface area contributed by atoms with Gasteiger partial charge < -0.3 is 5.32 Å². The summed E-state index contributed by atoms with van der Waals surface area (Å²) in [4.78, 5) is 63.9. The van der Waals surface area contributed by atoms with E-state index in [1.165, 1.54) is 0 Å². The molecule has 9 nitrogen and oxygen atoms in total. The average Bonchev–Trinajstić information content (AvgIpc) is 3.05. The molecule has 0 aromatic rings. The van der Waals surface area contributed by atoms with Crippen molar-refractivity contribution in [2.24, 2.45) is 11.3 Å². The number of amides is 6. The van der Waals surface area contributed by atoms with Crippen molar-refractivity contribution in [3.8, 4) is 0 Å². The Morgan fingerprint density at radius 1 is 1.03 bits per heavy atom. The van der Waals surface area contributed by atoms with Gasteiger partial charge in [-0.3, -0.25) is 29.5 Å². The molecular formula is C20H28N4O5. The molecule has 2 saturated heterocycles. The van der Waals surface area contributed by atoms with Gasteiger partial charge in [-0.1, -0.05) is 26.2 Å². The highest BCUT2D eigenvalue weighted by molar-refractivity contribution is 6.10. The van der Waals surface area contributed by atoms with Crippen LogP contribution in [0.2, 0.25) is 0 Å². The van der Waals surface area contributed by atoms with E-state index < -0.39 is 35.3 Å². The van der Waals surface area contributed by atoms with E-state index in [0.717, 1.165) is 37.0 Å². The van der Waals surface area contributed by atoms with Crippen molar-refractivity contribution < 1.29 is 24.0 Å². The molecule has 4 fully saturated rings. The second-order valence-corrected chi connectivity index (χ2v) is 9.17. The average molecular weight is 404 g/mol. The number of hydrogen-bond acceptors (Lipinski definition) is 5. The molecule has 2 aliphatic carbocycles. The number of hydrazine groups is 1. The van der Waals surface area contributed by atoms with Gasteiger partial charge in [0.2, 0.25) is 11.8 Å². The maximum atomic E-state index is 12.8. The predicted molar refractivity (Wildman–Crippen MR) is 101 cm³/mol. The van der Waals surface area contributed by atoms with Crippen LogP contribution < -0.4 is 10.7 Å². The molecule has 2 aliphatic heterocycles. The second-order valence-electron chi connectivity index (χ2n) is 9.17. The minimum absolute atomic E-state index is 0.142. The molecule has 2 spiro atoms. The van der Waals surface area contributed by atoms with Gasteiger partial charge in [0.1, 0.15) is 12.1 Å². The first kappa shape index (κ1) is 19.8. The van der Waals surface area contributed by atoms with Gasteiger partial charge in [0.15, 0.2) is 0 Å². The summed E-state index contributed by atoms with van der Waals surface area (Å²) in [5, 5.41) is 3.44.